The lowest BCUT2D eigenvalue weighted by Crippen LogP contribution is -2.29. The number of nitrogens with one attached hydrogen (secondary N) is 2. The molecule has 3 heteroatoms. The molecular weight excluding hydrogens is 224 g/mol. The Bertz CT molecular complexity index is 474. The Hall–Kier alpha value is -1.79. The van der Waals surface area contributed by atoms with Gasteiger partial charge in [-0.25, -0.2) is 0 Å². The van der Waals surface area contributed by atoms with Gasteiger partial charge in [-0.3, -0.25) is 4.79 Å². The van der Waals surface area contributed by atoms with Crippen molar-refractivity contribution in [1.29, 1.82) is 0 Å². The largest absolute Gasteiger partial charge is 0.352 e. The molecule has 0 atom stereocenters. The summed E-state index contributed by atoms with van der Waals surface area (Å²) in [7, 11) is 0. The van der Waals surface area contributed by atoms with Crippen LogP contribution in [-0.2, 0) is 13.0 Å². The third kappa shape index (κ3) is 2.91. The Morgan fingerprint density at radius 1 is 1.50 bits per heavy atom. The number of hydrogen-bond donors (Lipinski definition) is 2. The van der Waals surface area contributed by atoms with Crippen molar-refractivity contribution >= 4 is 5.91 Å². The first kappa shape index (κ1) is 12.7. The van der Waals surface area contributed by atoms with E-state index < -0.39 is 0 Å². The van der Waals surface area contributed by atoms with Gasteiger partial charge in [0.25, 0.3) is 5.91 Å². The Kier molecular flexibility index (Phi) is 4.38. The van der Waals surface area contributed by atoms with Crippen molar-refractivity contribution in [2.45, 2.75) is 25.8 Å². The zero-order chi connectivity index (χ0) is 12.8. The van der Waals surface area contributed by atoms with Crippen LogP contribution < -0.4 is 10.6 Å². The maximum Gasteiger partial charge on any atom is 0.251 e. The molecule has 0 spiro atoms. The number of unbranched alkanes of at least 4 members (excludes halogenated alkanes) is 1. The van der Waals surface area contributed by atoms with Crippen LogP contribution in [0, 0.1) is 12.3 Å². The molecule has 94 valence electrons. The van der Waals surface area contributed by atoms with Crippen LogP contribution in [0.5, 0.6) is 0 Å². The third-order valence-corrected chi connectivity index (χ3v) is 3.17. The van der Waals surface area contributed by atoms with Gasteiger partial charge in [0.2, 0.25) is 0 Å². The van der Waals surface area contributed by atoms with Gasteiger partial charge in [-0.1, -0.05) is 12.1 Å². The first-order valence-corrected chi connectivity index (χ1v) is 6.36. The maximum absolute atomic E-state index is 12.1. The summed E-state index contributed by atoms with van der Waals surface area (Å²) in [5.41, 5.74) is 3.23. The first-order valence-electron chi connectivity index (χ1n) is 6.36. The second-order valence-electron chi connectivity index (χ2n) is 4.43. The van der Waals surface area contributed by atoms with E-state index in [9.17, 15) is 4.79 Å². The standard InChI is InChI=1S/C15H18N2O/c1-2-3-4-9-17-15(18)14-7-5-6-12-11-16-10-8-13(12)14/h1,5-7,16H,3-4,8-11H2,(H,17,18). The van der Waals surface area contributed by atoms with Crippen molar-refractivity contribution in [2.24, 2.45) is 0 Å². The predicted molar refractivity (Wildman–Crippen MR) is 72.3 cm³/mol. The van der Waals surface area contributed by atoms with E-state index in [-0.39, 0.29) is 5.91 Å². The molecule has 0 saturated carbocycles. The highest BCUT2D eigenvalue weighted by atomic mass is 16.1. The number of terminal acetylenes is 1. The van der Waals surface area contributed by atoms with E-state index in [1.54, 1.807) is 0 Å². The van der Waals surface area contributed by atoms with Crippen molar-refractivity contribution in [1.82, 2.24) is 10.6 Å². The molecule has 1 heterocycles. The van der Waals surface area contributed by atoms with E-state index in [0.717, 1.165) is 31.5 Å². The van der Waals surface area contributed by atoms with E-state index in [1.807, 2.05) is 12.1 Å². The molecule has 1 aliphatic rings. The maximum atomic E-state index is 12.1. The molecule has 2 rings (SSSR count). The summed E-state index contributed by atoms with van der Waals surface area (Å²) in [6.45, 7) is 2.44. The number of hydrogen-bond acceptors (Lipinski definition) is 2. The number of carbonyl (C=O) groups excluding carboxylic acids is 1. The zero-order valence-corrected chi connectivity index (χ0v) is 10.5. The highest BCUT2D eigenvalue weighted by molar-refractivity contribution is 5.96. The van der Waals surface area contributed by atoms with Crippen LogP contribution in [-0.4, -0.2) is 19.0 Å². The molecule has 0 radical (unpaired) electrons. The van der Waals surface area contributed by atoms with Gasteiger partial charge in [0.15, 0.2) is 0 Å². The topological polar surface area (TPSA) is 41.1 Å². The lowest BCUT2D eigenvalue weighted by Gasteiger charge is -2.19. The fourth-order valence-electron chi connectivity index (χ4n) is 2.23. The summed E-state index contributed by atoms with van der Waals surface area (Å²) in [6.07, 6.45) is 7.64. The minimum Gasteiger partial charge on any atom is -0.352 e. The molecule has 0 saturated heterocycles. The van der Waals surface area contributed by atoms with Crippen LogP contribution in [0.2, 0.25) is 0 Å². The molecule has 1 amide bonds. The molecule has 0 unspecified atom stereocenters. The van der Waals surface area contributed by atoms with Crippen molar-refractivity contribution in [3.05, 3.63) is 34.9 Å². The van der Waals surface area contributed by atoms with Crippen molar-refractivity contribution in [3.63, 3.8) is 0 Å². The smallest absolute Gasteiger partial charge is 0.251 e. The van der Waals surface area contributed by atoms with Crippen LogP contribution in [0.25, 0.3) is 0 Å². The third-order valence-electron chi connectivity index (χ3n) is 3.17. The zero-order valence-electron chi connectivity index (χ0n) is 10.5. The molecule has 1 aromatic carbocycles. The molecule has 0 fully saturated rings. The minimum absolute atomic E-state index is 0.0192. The van der Waals surface area contributed by atoms with Crippen molar-refractivity contribution < 1.29 is 4.79 Å². The van der Waals surface area contributed by atoms with Gasteiger partial charge < -0.3 is 10.6 Å². The van der Waals surface area contributed by atoms with E-state index in [4.69, 9.17) is 6.42 Å². The normalized spacial score (nSPS) is 13.5. The van der Waals surface area contributed by atoms with Crippen LogP contribution in [0.3, 0.4) is 0 Å². The van der Waals surface area contributed by atoms with Crippen molar-refractivity contribution in [3.8, 4) is 12.3 Å². The Labute approximate surface area is 108 Å². The quantitative estimate of drug-likeness (QED) is 0.620. The van der Waals surface area contributed by atoms with Crippen LogP contribution in [0.4, 0.5) is 0 Å². The van der Waals surface area contributed by atoms with E-state index in [1.165, 1.54) is 11.1 Å². The lowest BCUT2D eigenvalue weighted by molar-refractivity contribution is 0.0952. The average molecular weight is 242 g/mol. The van der Waals surface area contributed by atoms with E-state index in [0.29, 0.717) is 13.0 Å². The van der Waals surface area contributed by atoms with Gasteiger partial charge in [0, 0.05) is 25.1 Å². The summed E-state index contributed by atoms with van der Waals surface area (Å²) in [4.78, 5) is 12.1. The van der Waals surface area contributed by atoms with Gasteiger partial charge in [0.05, 0.1) is 0 Å². The second kappa shape index (κ2) is 6.23. The Morgan fingerprint density at radius 2 is 2.39 bits per heavy atom. The molecular formula is C15H18N2O. The van der Waals surface area contributed by atoms with Gasteiger partial charge in [-0.2, -0.15) is 0 Å². The number of rotatable bonds is 4. The molecule has 0 bridgehead atoms. The average Bonchev–Trinajstić information content (AvgIpc) is 2.43. The molecule has 18 heavy (non-hydrogen) atoms. The Balaban J connectivity index is 2.04. The summed E-state index contributed by atoms with van der Waals surface area (Å²) in [5.74, 6) is 2.59. The fourth-order valence-corrected chi connectivity index (χ4v) is 2.23. The molecule has 2 N–H and O–H groups in total. The summed E-state index contributed by atoms with van der Waals surface area (Å²) in [5, 5.41) is 6.24. The van der Waals surface area contributed by atoms with Crippen LogP contribution in [0.1, 0.15) is 34.3 Å². The Morgan fingerprint density at radius 3 is 3.22 bits per heavy atom. The van der Waals surface area contributed by atoms with Crippen molar-refractivity contribution in [2.75, 3.05) is 13.1 Å². The van der Waals surface area contributed by atoms with E-state index >= 15 is 0 Å². The minimum atomic E-state index is 0.0192. The van der Waals surface area contributed by atoms with Crippen LogP contribution >= 0.6 is 0 Å². The first-order chi connectivity index (χ1) is 8.83. The van der Waals surface area contributed by atoms with Gasteiger partial charge in [-0.15, -0.1) is 12.3 Å². The highest BCUT2D eigenvalue weighted by Crippen LogP contribution is 2.18. The molecule has 0 aromatic heterocycles. The number of fused-ring (bicyclic) bond motifs is 1. The number of carbonyl (C=O) groups is 1. The highest BCUT2D eigenvalue weighted by Gasteiger charge is 2.16. The SMILES string of the molecule is C#CCCCNC(=O)c1cccc2c1CCNC2. The summed E-state index contributed by atoms with van der Waals surface area (Å²) < 4.78 is 0. The monoisotopic (exact) mass is 242 g/mol. The number of amides is 1. The molecule has 0 aliphatic carbocycles. The lowest BCUT2D eigenvalue weighted by atomic mass is 9.95. The van der Waals surface area contributed by atoms with Gasteiger partial charge >= 0.3 is 0 Å². The number of benzene rings is 1. The van der Waals surface area contributed by atoms with Gasteiger partial charge in [-0.05, 0) is 36.6 Å². The van der Waals surface area contributed by atoms with E-state index in [2.05, 4.69) is 22.6 Å². The second-order valence-corrected chi connectivity index (χ2v) is 4.43. The summed E-state index contributed by atoms with van der Waals surface area (Å²) in [6, 6.07) is 5.93. The fraction of sp³-hybridized carbons (Fsp3) is 0.400. The molecule has 3 nitrogen and oxygen atoms in total. The molecule has 1 aliphatic heterocycles. The van der Waals surface area contributed by atoms with Gasteiger partial charge in [0.1, 0.15) is 0 Å². The van der Waals surface area contributed by atoms with Crippen LogP contribution in [0.15, 0.2) is 18.2 Å². The molecule has 1 aromatic rings. The summed E-state index contributed by atoms with van der Waals surface area (Å²) >= 11 is 0. The predicted octanol–water partition coefficient (Wildman–Crippen LogP) is 1.48.